The second-order valence-electron chi connectivity index (χ2n) is 11.7. The number of pyridine rings is 1. The van der Waals surface area contributed by atoms with E-state index in [1.165, 1.54) is 19.1 Å². The number of aliphatic hydroxyl groups is 2. The molecule has 1 saturated carbocycles. The van der Waals surface area contributed by atoms with E-state index in [1.807, 2.05) is 6.20 Å². The summed E-state index contributed by atoms with van der Waals surface area (Å²) in [6.45, 7) is 8.20. The van der Waals surface area contributed by atoms with Crippen LogP contribution < -0.4 is 15.4 Å². The van der Waals surface area contributed by atoms with Crippen molar-refractivity contribution in [3.8, 4) is 5.88 Å². The summed E-state index contributed by atoms with van der Waals surface area (Å²) in [6.07, 6.45) is 3.62. The van der Waals surface area contributed by atoms with Crippen molar-refractivity contribution in [2.75, 3.05) is 6.54 Å². The van der Waals surface area contributed by atoms with Crippen LogP contribution in [0.2, 0.25) is 0 Å². The number of rotatable bonds is 8. The highest BCUT2D eigenvalue weighted by atomic mass is 19.1. The summed E-state index contributed by atoms with van der Waals surface area (Å²) in [5.74, 6) is 0.00299. The van der Waals surface area contributed by atoms with Crippen molar-refractivity contribution in [3.05, 3.63) is 59.0 Å². The summed E-state index contributed by atoms with van der Waals surface area (Å²) in [4.78, 5) is 16.5. The van der Waals surface area contributed by atoms with Gasteiger partial charge in [-0.2, -0.15) is 0 Å². The van der Waals surface area contributed by atoms with Crippen molar-refractivity contribution in [2.45, 2.75) is 89.7 Å². The van der Waals surface area contributed by atoms with Gasteiger partial charge in [-0.1, -0.05) is 32.9 Å². The van der Waals surface area contributed by atoms with Gasteiger partial charge in [-0.05, 0) is 47.6 Å². The number of ether oxygens (including phenoxy) is 1. The SMILES string of the molecule is CC(=O)N[C@@H](Cc1ccc(F)cc1)[C@H](O)CN[C@H]1C[C@]2(C[C@H](O)C2)Oc2ncc(CC(C)(C)C)cc21. The van der Waals surface area contributed by atoms with Gasteiger partial charge in [0, 0.05) is 50.5 Å². The zero-order valence-electron chi connectivity index (χ0n) is 21.6. The van der Waals surface area contributed by atoms with Gasteiger partial charge in [0.25, 0.3) is 0 Å². The van der Waals surface area contributed by atoms with Crippen LogP contribution in [0.4, 0.5) is 4.39 Å². The lowest BCUT2D eigenvalue weighted by Gasteiger charge is -2.50. The molecule has 0 radical (unpaired) electrons. The van der Waals surface area contributed by atoms with E-state index >= 15 is 0 Å². The molecule has 4 N–H and O–H groups in total. The molecule has 7 nitrogen and oxygen atoms in total. The molecule has 2 aliphatic rings. The number of amides is 1. The minimum absolute atomic E-state index is 0.107. The third-order valence-electron chi connectivity index (χ3n) is 6.95. The van der Waals surface area contributed by atoms with Crippen LogP contribution >= 0.6 is 0 Å². The number of halogens is 1. The lowest BCUT2D eigenvalue weighted by molar-refractivity contribution is -0.120. The third-order valence-corrected chi connectivity index (χ3v) is 6.95. The molecule has 2 heterocycles. The molecule has 1 aliphatic carbocycles. The molecule has 1 amide bonds. The van der Waals surface area contributed by atoms with Gasteiger partial charge in [-0.15, -0.1) is 0 Å². The Morgan fingerprint density at radius 1 is 1.22 bits per heavy atom. The number of fused-ring (bicyclic) bond motifs is 1. The fourth-order valence-electron chi connectivity index (χ4n) is 5.34. The molecule has 1 fully saturated rings. The van der Waals surface area contributed by atoms with E-state index in [9.17, 15) is 19.4 Å². The van der Waals surface area contributed by atoms with Gasteiger partial charge in [0.15, 0.2) is 0 Å². The number of nitrogens with zero attached hydrogens (tertiary/aromatic N) is 1. The normalized spacial score (nSPS) is 24.9. The number of carbonyl (C=O) groups is 1. The lowest BCUT2D eigenvalue weighted by atomic mass is 9.71. The van der Waals surface area contributed by atoms with Gasteiger partial charge in [-0.3, -0.25) is 4.79 Å². The first kappa shape index (κ1) is 26.5. The predicted molar refractivity (Wildman–Crippen MR) is 135 cm³/mol. The minimum Gasteiger partial charge on any atom is -0.471 e. The lowest BCUT2D eigenvalue weighted by Crippen LogP contribution is -2.56. The Balaban J connectivity index is 1.51. The molecule has 3 atom stereocenters. The summed E-state index contributed by atoms with van der Waals surface area (Å²) in [7, 11) is 0. The van der Waals surface area contributed by atoms with Gasteiger partial charge in [0.1, 0.15) is 11.4 Å². The average molecular weight is 500 g/mol. The van der Waals surface area contributed by atoms with E-state index < -0.39 is 17.7 Å². The van der Waals surface area contributed by atoms with Crippen LogP contribution in [0.5, 0.6) is 5.88 Å². The maximum absolute atomic E-state index is 13.3. The molecule has 0 unspecified atom stereocenters. The van der Waals surface area contributed by atoms with Crippen molar-refractivity contribution in [1.82, 2.24) is 15.6 Å². The Morgan fingerprint density at radius 3 is 2.53 bits per heavy atom. The Morgan fingerprint density at radius 2 is 1.92 bits per heavy atom. The summed E-state index contributed by atoms with van der Waals surface area (Å²) >= 11 is 0. The standard InChI is InChI=1S/C28H38FN3O4/c1-17(33)32-23(10-18-5-7-20(29)8-6-18)25(35)16-30-24-14-28(12-21(34)13-28)36-26-22(24)9-19(15-31-26)11-27(2,3)4/h5-9,15,21,23-25,30,34-35H,10-14,16H2,1-4H3,(H,32,33)/t21-,23-,24-,25+,28+/m0/s1. The highest BCUT2D eigenvalue weighted by molar-refractivity contribution is 5.73. The Hall–Kier alpha value is -2.55. The largest absolute Gasteiger partial charge is 0.471 e. The van der Waals surface area contributed by atoms with Gasteiger partial charge in [-0.25, -0.2) is 9.37 Å². The Kier molecular flexibility index (Phi) is 7.69. The molecule has 8 heteroatoms. The van der Waals surface area contributed by atoms with E-state index in [-0.39, 0.29) is 35.8 Å². The van der Waals surface area contributed by atoms with Crippen molar-refractivity contribution < 1.29 is 24.1 Å². The molecule has 2 aromatic rings. The maximum Gasteiger partial charge on any atom is 0.218 e. The van der Waals surface area contributed by atoms with Gasteiger partial charge in [0.2, 0.25) is 11.8 Å². The van der Waals surface area contributed by atoms with Crippen molar-refractivity contribution in [2.24, 2.45) is 5.41 Å². The van der Waals surface area contributed by atoms with Crippen LogP contribution in [-0.2, 0) is 17.6 Å². The van der Waals surface area contributed by atoms with Crippen molar-refractivity contribution >= 4 is 5.91 Å². The van der Waals surface area contributed by atoms with Gasteiger partial charge in [0.05, 0.1) is 18.2 Å². The van der Waals surface area contributed by atoms with E-state index in [1.54, 1.807) is 12.1 Å². The second-order valence-corrected chi connectivity index (χ2v) is 11.7. The first-order valence-electron chi connectivity index (χ1n) is 12.7. The monoisotopic (exact) mass is 499 g/mol. The second kappa shape index (κ2) is 10.4. The molecule has 1 aliphatic heterocycles. The maximum atomic E-state index is 13.3. The fraction of sp³-hybridized carbons (Fsp3) is 0.571. The average Bonchev–Trinajstić information content (AvgIpc) is 2.76. The zero-order chi connectivity index (χ0) is 26.1. The van der Waals surface area contributed by atoms with Crippen LogP contribution in [0.3, 0.4) is 0 Å². The third kappa shape index (κ3) is 6.60. The minimum atomic E-state index is -0.876. The number of carbonyl (C=O) groups excluding carboxylic acids is 1. The summed E-state index contributed by atoms with van der Waals surface area (Å²) in [5.41, 5.74) is 2.54. The topological polar surface area (TPSA) is 104 Å². The van der Waals surface area contributed by atoms with Gasteiger partial charge < -0.3 is 25.6 Å². The first-order chi connectivity index (χ1) is 16.9. The molecule has 196 valence electrons. The van der Waals surface area contributed by atoms with E-state index in [2.05, 4.69) is 42.5 Å². The zero-order valence-corrected chi connectivity index (χ0v) is 21.6. The highest BCUT2D eigenvalue weighted by Gasteiger charge is 2.51. The molecule has 1 aromatic carbocycles. The van der Waals surface area contributed by atoms with E-state index in [0.29, 0.717) is 31.6 Å². The Bertz CT molecular complexity index is 1060. The summed E-state index contributed by atoms with van der Waals surface area (Å²) in [6, 6.07) is 7.54. The van der Waals surface area contributed by atoms with Crippen LogP contribution in [0.1, 0.15) is 69.7 Å². The van der Waals surface area contributed by atoms with E-state index in [4.69, 9.17) is 4.74 Å². The number of hydrogen-bond acceptors (Lipinski definition) is 6. The van der Waals surface area contributed by atoms with Crippen molar-refractivity contribution in [1.29, 1.82) is 0 Å². The molecular formula is C28H38FN3O4. The van der Waals surface area contributed by atoms with Crippen LogP contribution in [0.15, 0.2) is 36.5 Å². The molecular weight excluding hydrogens is 461 g/mol. The van der Waals surface area contributed by atoms with Gasteiger partial charge >= 0.3 is 0 Å². The van der Waals surface area contributed by atoms with Crippen molar-refractivity contribution in [3.63, 3.8) is 0 Å². The molecule has 0 saturated heterocycles. The van der Waals surface area contributed by atoms with Crippen LogP contribution in [0, 0.1) is 11.2 Å². The van der Waals surface area contributed by atoms with Crippen LogP contribution in [0.25, 0.3) is 0 Å². The van der Waals surface area contributed by atoms with Crippen LogP contribution in [-0.4, -0.2) is 51.5 Å². The molecule has 1 spiro atoms. The number of hydrogen-bond donors (Lipinski definition) is 4. The van der Waals surface area contributed by atoms with E-state index in [0.717, 1.165) is 23.1 Å². The predicted octanol–water partition coefficient (Wildman–Crippen LogP) is 3.22. The molecule has 0 bridgehead atoms. The number of aromatic nitrogens is 1. The fourth-order valence-corrected chi connectivity index (χ4v) is 5.34. The number of benzene rings is 1. The molecule has 36 heavy (non-hydrogen) atoms. The number of nitrogens with one attached hydrogen (secondary N) is 2. The quantitative estimate of drug-likeness (QED) is 0.445. The molecule has 1 aromatic heterocycles. The Labute approximate surface area is 212 Å². The number of aliphatic hydroxyl groups excluding tert-OH is 2. The smallest absolute Gasteiger partial charge is 0.218 e. The highest BCUT2D eigenvalue weighted by Crippen LogP contribution is 2.48. The summed E-state index contributed by atoms with van der Waals surface area (Å²) in [5, 5.41) is 27.4. The summed E-state index contributed by atoms with van der Waals surface area (Å²) < 4.78 is 19.6. The molecule has 4 rings (SSSR count). The first-order valence-corrected chi connectivity index (χ1v) is 12.7.